The van der Waals surface area contributed by atoms with Crippen LogP contribution in [0.4, 0.5) is 5.69 Å². The Morgan fingerprint density at radius 2 is 1.57 bits per heavy atom. The summed E-state index contributed by atoms with van der Waals surface area (Å²) in [4.78, 5) is 29.6. The van der Waals surface area contributed by atoms with Crippen molar-refractivity contribution in [3.63, 3.8) is 0 Å². The van der Waals surface area contributed by atoms with Crippen LogP contribution in [0.5, 0.6) is 0 Å². The van der Waals surface area contributed by atoms with E-state index in [2.05, 4.69) is 41.4 Å². The summed E-state index contributed by atoms with van der Waals surface area (Å²) in [6, 6.07) is 10.4. The van der Waals surface area contributed by atoms with Gasteiger partial charge in [0.05, 0.1) is 0 Å². The molecule has 2 amide bonds. The van der Waals surface area contributed by atoms with Crippen LogP contribution in [-0.4, -0.2) is 49.4 Å². The topological polar surface area (TPSA) is 52.7 Å². The zero-order valence-corrected chi connectivity index (χ0v) is 17.2. The minimum atomic E-state index is 0.0978. The second-order valence-electron chi connectivity index (χ2n) is 8.19. The summed E-state index contributed by atoms with van der Waals surface area (Å²) >= 11 is 0. The lowest BCUT2D eigenvalue weighted by molar-refractivity contribution is -0.138. The molecule has 1 N–H and O–H groups in total. The highest BCUT2D eigenvalue weighted by atomic mass is 16.2. The number of nitrogens with one attached hydrogen (secondary N) is 1. The standard InChI is InChI=1S/C23H35N3O2/c1-2-3-7-14-24-22(27)19-10-12-20(13-11-19)23(28)26-17-15-25(16-18-26)21-8-5-4-6-9-21/h4-6,8-9,19-20H,2-3,7,10-18H2,1H3,(H,24,27). The van der Waals surface area contributed by atoms with Gasteiger partial charge in [-0.25, -0.2) is 0 Å². The van der Waals surface area contributed by atoms with Crippen LogP contribution in [0.2, 0.25) is 0 Å². The largest absolute Gasteiger partial charge is 0.368 e. The second kappa shape index (κ2) is 10.5. The van der Waals surface area contributed by atoms with E-state index in [1.807, 2.05) is 11.0 Å². The van der Waals surface area contributed by atoms with Crippen LogP contribution in [-0.2, 0) is 9.59 Å². The Balaban J connectivity index is 1.39. The van der Waals surface area contributed by atoms with Crippen molar-refractivity contribution >= 4 is 17.5 Å². The Kier molecular flexibility index (Phi) is 7.75. The number of carbonyl (C=O) groups excluding carboxylic acids is 2. The van der Waals surface area contributed by atoms with Crippen molar-refractivity contribution < 1.29 is 9.59 Å². The fourth-order valence-electron chi connectivity index (χ4n) is 4.42. The van der Waals surface area contributed by atoms with Gasteiger partial charge in [-0.05, 0) is 44.2 Å². The predicted octanol–water partition coefficient (Wildman–Crippen LogP) is 3.45. The molecule has 1 aromatic carbocycles. The average Bonchev–Trinajstić information content (AvgIpc) is 2.77. The molecule has 1 saturated carbocycles. The van der Waals surface area contributed by atoms with E-state index < -0.39 is 0 Å². The van der Waals surface area contributed by atoms with E-state index in [0.717, 1.165) is 64.8 Å². The van der Waals surface area contributed by atoms with Crippen LogP contribution < -0.4 is 10.2 Å². The van der Waals surface area contributed by atoms with Crippen LogP contribution in [0.1, 0.15) is 51.9 Å². The van der Waals surface area contributed by atoms with E-state index in [1.165, 1.54) is 18.5 Å². The first-order valence-electron chi connectivity index (χ1n) is 11.1. The highest BCUT2D eigenvalue weighted by Crippen LogP contribution is 2.30. The van der Waals surface area contributed by atoms with E-state index in [4.69, 9.17) is 0 Å². The van der Waals surface area contributed by atoms with Crippen LogP contribution in [0.3, 0.4) is 0 Å². The van der Waals surface area contributed by atoms with Crippen LogP contribution in [0, 0.1) is 11.8 Å². The smallest absolute Gasteiger partial charge is 0.225 e. The molecule has 0 unspecified atom stereocenters. The first-order chi connectivity index (χ1) is 13.7. The number of rotatable bonds is 7. The summed E-state index contributed by atoms with van der Waals surface area (Å²) in [7, 11) is 0. The molecule has 5 nitrogen and oxygen atoms in total. The van der Waals surface area contributed by atoms with Gasteiger partial charge in [-0.2, -0.15) is 0 Å². The van der Waals surface area contributed by atoms with Gasteiger partial charge in [-0.1, -0.05) is 38.0 Å². The molecule has 0 bridgehead atoms. The molecule has 0 radical (unpaired) electrons. The lowest BCUT2D eigenvalue weighted by Crippen LogP contribution is -2.51. The molecule has 3 rings (SSSR count). The molecule has 5 heteroatoms. The number of benzene rings is 1. The Morgan fingerprint density at radius 1 is 0.929 bits per heavy atom. The monoisotopic (exact) mass is 385 g/mol. The summed E-state index contributed by atoms with van der Waals surface area (Å²) in [5, 5.41) is 3.08. The number of anilines is 1. The van der Waals surface area contributed by atoms with Crippen LogP contribution in [0.15, 0.2) is 30.3 Å². The van der Waals surface area contributed by atoms with E-state index in [9.17, 15) is 9.59 Å². The molecular formula is C23H35N3O2. The molecule has 0 atom stereocenters. The van der Waals surface area contributed by atoms with Gasteiger partial charge < -0.3 is 15.1 Å². The van der Waals surface area contributed by atoms with Crippen LogP contribution >= 0.6 is 0 Å². The average molecular weight is 386 g/mol. The van der Waals surface area contributed by atoms with Crippen molar-refractivity contribution in [2.24, 2.45) is 11.8 Å². The molecule has 1 heterocycles. The molecule has 1 saturated heterocycles. The van der Waals surface area contributed by atoms with Crippen molar-refractivity contribution in [3.05, 3.63) is 30.3 Å². The molecule has 2 fully saturated rings. The summed E-state index contributed by atoms with van der Waals surface area (Å²) < 4.78 is 0. The molecule has 154 valence electrons. The summed E-state index contributed by atoms with van der Waals surface area (Å²) in [6.07, 6.45) is 6.79. The second-order valence-corrected chi connectivity index (χ2v) is 8.19. The van der Waals surface area contributed by atoms with Crippen molar-refractivity contribution in [1.29, 1.82) is 0 Å². The van der Waals surface area contributed by atoms with Gasteiger partial charge in [-0.3, -0.25) is 9.59 Å². The lowest BCUT2D eigenvalue weighted by Gasteiger charge is -2.38. The number of nitrogens with zero attached hydrogens (tertiary/aromatic N) is 2. The van der Waals surface area contributed by atoms with Crippen molar-refractivity contribution in [2.75, 3.05) is 37.6 Å². The first-order valence-corrected chi connectivity index (χ1v) is 11.1. The third kappa shape index (κ3) is 5.49. The fourth-order valence-corrected chi connectivity index (χ4v) is 4.42. The SMILES string of the molecule is CCCCCNC(=O)C1CCC(C(=O)N2CCN(c3ccccc3)CC2)CC1. The molecule has 1 aromatic rings. The van der Waals surface area contributed by atoms with Gasteiger partial charge in [0, 0.05) is 50.2 Å². The molecular weight excluding hydrogens is 350 g/mol. The molecule has 1 aliphatic heterocycles. The van der Waals surface area contributed by atoms with Crippen molar-refractivity contribution in [1.82, 2.24) is 10.2 Å². The van der Waals surface area contributed by atoms with Gasteiger partial charge in [0.15, 0.2) is 0 Å². The molecule has 2 aliphatic rings. The van der Waals surface area contributed by atoms with Gasteiger partial charge >= 0.3 is 0 Å². The predicted molar refractivity (Wildman–Crippen MR) is 113 cm³/mol. The van der Waals surface area contributed by atoms with Crippen molar-refractivity contribution in [3.8, 4) is 0 Å². The highest BCUT2D eigenvalue weighted by Gasteiger charge is 2.33. The van der Waals surface area contributed by atoms with Gasteiger partial charge in [0.2, 0.25) is 11.8 Å². The van der Waals surface area contributed by atoms with Crippen molar-refractivity contribution in [2.45, 2.75) is 51.9 Å². The number of hydrogen-bond donors (Lipinski definition) is 1. The first kappa shape index (κ1) is 20.7. The Labute approximate surface area is 169 Å². The number of hydrogen-bond acceptors (Lipinski definition) is 3. The normalized spacial score (nSPS) is 22.8. The molecule has 1 aliphatic carbocycles. The summed E-state index contributed by atoms with van der Waals surface area (Å²) in [5.41, 5.74) is 1.24. The van der Waals surface area contributed by atoms with E-state index >= 15 is 0 Å². The van der Waals surface area contributed by atoms with E-state index in [0.29, 0.717) is 5.91 Å². The maximum absolute atomic E-state index is 12.9. The fraction of sp³-hybridized carbons (Fsp3) is 0.652. The van der Waals surface area contributed by atoms with Crippen LogP contribution in [0.25, 0.3) is 0 Å². The van der Waals surface area contributed by atoms with E-state index in [-0.39, 0.29) is 17.7 Å². The minimum Gasteiger partial charge on any atom is -0.368 e. The quantitative estimate of drug-likeness (QED) is 0.732. The summed E-state index contributed by atoms with van der Waals surface area (Å²) in [5.74, 6) is 0.695. The molecule has 28 heavy (non-hydrogen) atoms. The Hall–Kier alpha value is -2.04. The van der Waals surface area contributed by atoms with Gasteiger partial charge in [0.1, 0.15) is 0 Å². The zero-order valence-electron chi connectivity index (χ0n) is 17.2. The molecule has 0 spiro atoms. The zero-order chi connectivity index (χ0) is 19.8. The van der Waals surface area contributed by atoms with E-state index in [1.54, 1.807) is 0 Å². The Bertz CT molecular complexity index is 618. The number of unbranched alkanes of at least 4 members (excludes halogenated alkanes) is 2. The highest BCUT2D eigenvalue weighted by molar-refractivity contribution is 5.81. The maximum Gasteiger partial charge on any atom is 0.225 e. The summed E-state index contributed by atoms with van der Waals surface area (Å²) in [6.45, 7) is 6.34. The maximum atomic E-state index is 12.9. The number of piperazine rings is 1. The minimum absolute atomic E-state index is 0.0978. The number of carbonyl (C=O) groups is 2. The lowest BCUT2D eigenvalue weighted by atomic mass is 9.81. The number of amides is 2. The third-order valence-corrected chi connectivity index (χ3v) is 6.24. The molecule has 0 aromatic heterocycles. The van der Waals surface area contributed by atoms with Gasteiger partial charge in [0.25, 0.3) is 0 Å². The van der Waals surface area contributed by atoms with Gasteiger partial charge in [-0.15, -0.1) is 0 Å². The third-order valence-electron chi connectivity index (χ3n) is 6.24. The number of para-hydroxylation sites is 1. The Morgan fingerprint density at radius 3 is 2.21 bits per heavy atom.